The van der Waals surface area contributed by atoms with Crippen molar-refractivity contribution < 1.29 is 19.8 Å². The summed E-state index contributed by atoms with van der Waals surface area (Å²) in [4.78, 5) is 35.9. The quantitative estimate of drug-likeness (QED) is 0.220. The van der Waals surface area contributed by atoms with Crippen molar-refractivity contribution in [2.24, 2.45) is 5.92 Å². The van der Waals surface area contributed by atoms with Gasteiger partial charge in [-0.3, -0.25) is 24.4 Å². The van der Waals surface area contributed by atoms with E-state index >= 15 is 0 Å². The Kier molecular flexibility index (Phi) is 12.9. The van der Waals surface area contributed by atoms with Gasteiger partial charge < -0.3 is 20.8 Å². The monoisotopic (exact) mass is 821 g/mol. The first kappa shape index (κ1) is 36.1. The van der Waals surface area contributed by atoms with Gasteiger partial charge in [0.15, 0.2) is 0 Å². The molecule has 1 aromatic heterocycles. The number of aliphatic hydroxyl groups is 2. The van der Waals surface area contributed by atoms with E-state index in [-0.39, 0.29) is 52.1 Å². The predicted molar refractivity (Wildman–Crippen MR) is 180 cm³/mol. The summed E-state index contributed by atoms with van der Waals surface area (Å²) in [6.45, 7) is 8.74. The number of carbonyl (C=O) groups is 2. The van der Waals surface area contributed by atoms with E-state index in [2.05, 4.69) is 25.4 Å². The molecule has 1 aliphatic carbocycles. The molecule has 4 radical (unpaired) electrons. The van der Waals surface area contributed by atoms with E-state index in [0.29, 0.717) is 32.5 Å². The number of aliphatic hydroxyl groups excluding tert-OH is 2. The second-order valence-corrected chi connectivity index (χ2v) is 13.6. The number of carbonyl (C=O) groups excluding carboxylic acids is 2. The summed E-state index contributed by atoms with van der Waals surface area (Å²) in [5.74, 6) is -0.781. The molecule has 5 atom stereocenters. The number of fused-ring (bicyclic) bond motifs is 1. The Bertz CT molecular complexity index is 1420. The molecule has 244 valence electrons. The molecule has 1 fully saturated rings. The van der Waals surface area contributed by atoms with Crippen LogP contribution < -0.4 is 10.6 Å². The number of hydrogen-bond donors (Lipinski definition) is 4. The van der Waals surface area contributed by atoms with Gasteiger partial charge >= 0.3 is 0 Å². The topological polar surface area (TPSA) is 118 Å². The van der Waals surface area contributed by atoms with Gasteiger partial charge in [0.25, 0.3) is 0 Å². The number of nitrogens with one attached hydrogen (secondary N) is 2. The molecule has 9 nitrogen and oxygen atoms in total. The van der Waals surface area contributed by atoms with Crippen LogP contribution in [0.1, 0.15) is 55.5 Å². The van der Waals surface area contributed by atoms with E-state index in [1.807, 2.05) is 93.7 Å². The maximum Gasteiger partial charge on any atom is 0.239 e. The third kappa shape index (κ3) is 9.90. The standard InChI is InChI=1S/C36H47N5O4.Pb/c1-36(2,3)39-35(45)31-24-40(22-26-12-9-15-37-21-26)16-17-41(31)23-29(42)19-28(18-25-10-5-4-6-11-25)34(44)38-33-30-14-8-7-13-27(30)20-32(33)43;/h4-15,21,28-29,31-33,42-43H,16-20,22-24H2,1-3H3,(H,38,44)(H,39,45);/t28-,29+,31+,32-,33+;/m1./s1. The molecule has 0 saturated carbocycles. The molecule has 46 heavy (non-hydrogen) atoms. The fourth-order valence-corrected chi connectivity index (χ4v) is 6.56. The molecular weight excluding hydrogens is 774 g/mol. The number of aromatic nitrogens is 1. The van der Waals surface area contributed by atoms with Crippen LogP contribution in [0, 0.1) is 5.92 Å². The minimum absolute atomic E-state index is 0. The van der Waals surface area contributed by atoms with E-state index in [4.69, 9.17) is 0 Å². The first-order valence-corrected chi connectivity index (χ1v) is 16.0. The normalized spacial score (nSPS) is 21.5. The number of rotatable bonds is 11. The van der Waals surface area contributed by atoms with Crippen LogP contribution in [0.4, 0.5) is 0 Å². The predicted octanol–water partition coefficient (Wildman–Crippen LogP) is 2.49. The van der Waals surface area contributed by atoms with Crippen molar-refractivity contribution in [3.63, 3.8) is 0 Å². The Labute approximate surface area is 293 Å². The Hall–Kier alpha value is -2.71. The number of nitrogens with zero attached hydrogens (tertiary/aromatic N) is 3. The molecule has 2 aliphatic rings. The molecule has 1 aliphatic heterocycles. The minimum atomic E-state index is -0.833. The van der Waals surface area contributed by atoms with Gasteiger partial charge in [0.2, 0.25) is 11.8 Å². The van der Waals surface area contributed by atoms with Crippen LogP contribution in [0.3, 0.4) is 0 Å². The number of pyridine rings is 1. The van der Waals surface area contributed by atoms with Crippen LogP contribution in [0.5, 0.6) is 0 Å². The minimum Gasteiger partial charge on any atom is -0.392 e. The molecule has 2 heterocycles. The van der Waals surface area contributed by atoms with Gasteiger partial charge in [0, 0.05) is 90.3 Å². The van der Waals surface area contributed by atoms with E-state index in [1.165, 1.54) is 0 Å². The Morgan fingerprint density at radius 3 is 2.43 bits per heavy atom. The van der Waals surface area contributed by atoms with Crippen LogP contribution >= 0.6 is 0 Å². The Morgan fingerprint density at radius 1 is 1.00 bits per heavy atom. The van der Waals surface area contributed by atoms with Crippen LogP contribution in [0.2, 0.25) is 0 Å². The number of hydrogen-bond acceptors (Lipinski definition) is 7. The summed E-state index contributed by atoms with van der Waals surface area (Å²) < 4.78 is 0. The molecule has 1 saturated heterocycles. The van der Waals surface area contributed by atoms with E-state index in [0.717, 1.165) is 28.8 Å². The maximum atomic E-state index is 13.8. The van der Waals surface area contributed by atoms with Gasteiger partial charge in [-0.25, -0.2) is 0 Å². The van der Waals surface area contributed by atoms with Gasteiger partial charge in [-0.05, 0) is 61.9 Å². The first-order valence-electron chi connectivity index (χ1n) is 16.0. The summed E-state index contributed by atoms with van der Waals surface area (Å²) >= 11 is 0. The summed E-state index contributed by atoms with van der Waals surface area (Å²) in [6, 6.07) is 20.6. The molecule has 4 N–H and O–H groups in total. The zero-order valence-electron chi connectivity index (χ0n) is 27.1. The van der Waals surface area contributed by atoms with Gasteiger partial charge in [-0.2, -0.15) is 0 Å². The third-order valence-corrected chi connectivity index (χ3v) is 8.70. The Morgan fingerprint density at radius 2 is 1.72 bits per heavy atom. The van der Waals surface area contributed by atoms with Gasteiger partial charge in [-0.1, -0.05) is 60.7 Å². The average Bonchev–Trinajstić information content (AvgIpc) is 3.32. The van der Waals surface area contributed by atoms with Gasteiger partial charge in [-0.15, -0.1) is 0 Å². The fraction of sp³-hybridized carbons (Fsp3) is 0.472. The van der Waals surface area contributed by atoms with Crippen LogP contribution in [0.15, 0.2) is 79.1 Å². The van der Waals surface area contributed by atoms with Crippen molar-refractivity contribution in [3.8, 4) is 0 Å². The zero-order valence-corrected chi connectivity index (χ0v) is 31.0. The van der Waals surface area contributed by atoms with E-state index < -0.39 is 35.7 Å². The number of β-amino-alcohol motifs (C(OH)–C–C–N with tert-alkyl or cyclic N) is 1. The Balaban J connectivity index is 0.00000480. The number of benzene rings is 2. The molecule has 0 bridgehead atoms. The zero-order chi connectivity index (χ0) is 32.0. The SMILES string of the molecule is CC(C)(C)NC(=O)[C@@H]1CN(Cc2cccnc2)CCN1C[C@@H](O)C[C@@H](Cc1ccccc1)C(=O)N[C@H]1c2ccccc2C[C@H]1O.[Pb]. The van der Waals surface area contributed by atoms with Crippen LogP contribution in [-0.2, 0) is 29.0 Å². The maximum absolute atomic E-state index is 13.8. The summed E-state index contributed by atoms with van der Waals surface area (Å²) in [6.07, 6.45) is 3.26. The van der Waals surface area contributed by atoms with Crippen molar-refractivity contribution >= 4 is 39.1 Å². The molecular formula is C36H47N5O4Pb. The molecule has 2 aromatic carbocycles. The van der Waals surface area contributed by atoms with Crippen LogP contribution in [-0.4, -0.2) is 114 Å². The molecule has 3 aromatic rings. The molecule has 0 unspecified atom stereocenters. The molecule has 0 spiro atoms. The van der Waals surface area contributed by atoms with Crippen molar-refractivity contribution in [2.75, 3.05) is 26.2 Å². The van der Waals surface area contributed by atoms with Crippen LogP contribution in [0.25, 0.3) is 0 Å². The summed E-state index contributed by atoms with van der Waals surface area (Å²) in [7, 11) is 0. The van der Waals surface area contributed by atoms with E-state index in [9.17, 15) is 19.8 Å². The van der Waals surface area contributed by atoms with Crippen molar-refractivity contribution in [2.45, 2.75) is 76.4 Å². The molecule has 2 amide bonds. The number of piperazine rings is 1. The third-order valence-electron chi connectivity index (χ3n) is 8.70. The number of amides is 2. The largest absolute Gasteiger partial charge is 0.392 e. The fourth-order valence-electron chi connectivity index (χ4n) is 6.56. The second-order valence-electron chi connectivity index (χ2n) is 13.6. The molecule has 5 rings (SSSR count). The smallest absolute Gasteiger partial charge is 0.239 e. The second kappa shape index (κ2) is 16.4. The van der Waals surface area contributed by atoms with Gasteiger partial charge in [0.1, 0.15) is 6.04 Å². The van der Waals surface area contributed by atoms with Crippen molar-refractivity contribution in [3.05, 3.63) is 101 Å². The average molecular weight is 821 g/mol. The molecule has 10 heteroatoms. The summed E-state index contributed by atoms with van der Waals surface area (Å²) in [5, 5.41) is 28.5. The van der Waals surface area contributed by atoms with Crippen molar-refractivity contribution in [1.82, 2.24) is 25.4 Å². The van der Waals surface area contributed by atoms with Gasteiger partial charge in [0.05, 0.1) is 18.2 Å². The first-order chi connectivity index (χ1) is 21.6. The van der Waals surface area contributed by atoms with E-state index in [1.54, 1.807) is 6.20 Å². The van der Waals surface area contributed by atoms with Crippen molar-refractivity contribution in [1.29, 1.82) is 0 Å². The summed E-state index contributed by atoms with van der Waals surface area (Å²) in [5.41, 5.74) is 3.68.